The molecule has 0 unspecified atom stereocenters. The predicted octanol–water partition coefficient (Wildman–Crippen LogP) is 2.90. The summed E-state index contributed by atoms with van der Waals surface area (Å²) in [5, 5.41) is 2.06. The van der Waals surface area contributed by atoms with Crippen molar-refractivity contribution in [3.63, 3.8) is 0 Å². The smallest absolute Gasteiger partial charge is 0.160 e. The average molecular weight is 302 g/mol. The number of ether oxygens (including phenoxy) is 1. The Hall–Kier alpha value is -2.01. The van der Waals surface area contributed by atoms with E-state index in [-0.39, 0.29) is 0 Å². The summed E-state index contributed by atoms with van der Waals surface area (Å²) in [6, 6.07) is 10.2. The number of benzene rings is 1. The van der Waals surface area contributed by atoms with Crippen molar-refractivity contribution in [3.8, 4) is 5.75 Å². The first-order chi connectivity index (χ1) is 10.3. The number of aldehydes is 1. The van der Waals surface area contributed by atoms with Gasteiger partial charge in [-0.05, 0) is 30.3 Å². The number of carbonyl (C=O) groups is 1. The average Bonchev–Trinajstić information content (AvgIpc) is 3.04. The Balaban J connectivity index is 1.62. The minimum atomic E-state index is 0.794. The Morgan fingerprint density at radius 1 is 1.05 bits per heavy atom. The van der Waals surface area contributed by atoms with E-state index in [0.717, 1.165) is 48.8 Å². The van der Waals surface area contributed by atoms with Gasteiger partial charge < -0.3 is 14.5 Å². The van der Waals surface area contributed by atoms with E-state index in [1.807, 2.05) is 18.2 Å². The third-order valence-corrected chi connectivity index (χ3v) is 4.65. The summed E-state index contributed by atoms with van der Waals surface area (Å²) in [5.74, 6) is 0.886. The maximum Gasteiger partial charge on any atom is 0.160 e. The molecule has 1 aromatic heterocycles. The van der Waals surface area contributed by atoms with E-state index in [9.17, 15) is 4.79 Å². The molecule has 21 heavy (non-hydrogen) atoms. The number of hydrogen-bond donors (Lipinski definition) is 0. The zero-order valence-electron chi connectivity index (χ0n) is 12.0. The fourth-order valence-corrected chi connectivity index (χ4v) is 3.30. The van der Waals surface area contributed by atoms with Crippen molar-refractivity contribution in [2.24, 2.45) is 0 Å². The number of nitrogens with zero attached hydrogens (tertiary/aromatic N) is 2. The molecule has 0 bridgehead atoms. The molecule has 0 saturated carbocycles. The second kappa shape index (κ2) is 6.18. The van der Waals surface area contributed by atoms with E-state index in [1.165, 1.54) is 17.0 Å². The predicted molar refractivity (Wildman–Crippen MR) is 87.1 cm³/mol. The number of thiophene rings is 1. The van der Waals surface area contributed by atoms with Crippen LogP contribution in [0, 0.1) is 0 Å². The van der Waals surface area contributed by atoms with E-state index >= 15 is 0 Å². The van der Waals surface area contributed by atoms with Crippen molar-refractivity contribution in [2.45, 2.75) is 0 Å². The van der Waals surface area contributed by atoms with Gasteiger partial charge in [-0.3, -0.25) is 4.79 Å². The lowest BCUT2D eigenvalue weighted by atomic mass is 10.2. The van der Waals surface area contributed by atoms with Crippen LogP contribution in [0.15, 0.2) is 35.7 Å². The van der Waals surface area contributed by atoms with Gasteiger partial charge in [0.15, 0.2) is 6.29 Å². The third kappa shape index (κ3) is 3.03. The maximum atomic E-state index is 10.8. The standard InChI is InChI=1S/C16H18N2O2S/c1-20-15-4-2-13(3-5-15)17-6-8-18(9-7-17)14-10-16(11-19)21-12-14/h2-5,10-12H,6-9H2,1H3. The number of hydrogen-bond acceptors (Lipinski definition) is 5. The molecule has 0 radical (unpaired) electrons. The van der Waals surface area contributed by atoms with Crippen LogP contribution in [0.2, 0.25) is 0 Å². The van der Waals surface area contributed by atoms with Crippen molar-refractivity contribution < 1.29 is 9.53 Å². The van der Waals surface area contributed by atoms with Gasteiger partial charge in [0.1, 0.15) is 5.75 Å². The van der Waals surface area contributed by atoms with E-state index < -0.39 is 0 Å². The molecule has 0 N–H and O–H groups in total. The highest BCUT2D eigenvalue weighted by Crippen LogP contribution is 2.25. The molecule has 1 aliphatic heterocycles. The van der Waals surface area contributed by atoms with Crippen LogP contribution in [0.3, 0.4) is 0 Å². The molecule has 2 aromatic rings. The highest BCUT2D eigenvalue weighted by Gasteiger charge is 2.18. The van der Waals surface area contributed by atoms with Crippen LogP contribution in [0.1, 0.15) is 9.67 Å². The molecule has 3 rings (SSSR count). The molecule has 0 atom stereocenters. The van der Waals surface area contributed by atoms with E-state index in [4.69, 9.17) is 4.74 Å². The zero-order valence-corrected chi connectivity index (χ0v) is 12.8. The molecular formula is C16H18N2O2S. The van der Waals surface area contributed by atoms with Gasteiger partial charge in [0, 0.05) is 42.9 Å². The van der Waals surface area contributed by atoms with Crippen LogP contribution >= 0.6 is 11.3 Å². The lowest BCUT2D eigenvalue weighted by Gasteiger charge is -2.37. The van der Waals surface area contributed by atoms with Crippen molar-refractivity contribution in [1.29, 1.82) is 0 Å². The van der Waals surface area contributed by atoms with E-state index in [2.05, 4.69) is 27.3 Å². The van der Waals surface area contributed by atoms with Crippen molar-refractivity contribution in [1.82, 2.24) is 0 Å². The van der Waals surface area contributed by atoms with Crippen LogP contribution in [-0.4, -0.2) is 39.6 Å². The zero-order chi connectivity index (χ0) is 14.7. The Bertz CT molecular complexity index is 601. The summed E-state index contributed by atoms with van der Waals surface area (Å²) in [7, 11) is 1.68. The van der Waals surface area contributed by atoms with Gasteiger partial charge in [-0.1, -0.05) is 0 Å². The molecule has 4 nitrogen and oxygen atoms in total. The molecule has 1 saturated heterocycles. The Morgan fingerprint density at radius 2 is 1.67 bits per heavy atom. The fourth-order valence-electron chi connectivity index (χ4n) is 2.59. The van der Waals surface area contributed by atoms with Crippen LogP contribution in [0.25, 0.3) is 0 Å². The number of rotatable bonds is 4. The van der Waals surface area contributed by atoms with Gasteiger partial charge in [-0.2, -0.15) is 0 Å². The van der Waals surface area contributed by atoms with E-state index in [0.29, 0.717) is 0 Å². The molecule has 2 heterocycles. The quantitative estimate of drug-likeness (QED) is 0.813. The largest absolute Gasteiger partial charge is 0.497 e. The summed E-state index contributed by atoms with van der Waals surface area (Å²) in [6.45, 7) is 3.92. The first-order valence-electron chi connectivity index (χ1n) is 6.98. The second-order valence-corrected chi connectivity index (χ2v) is 5.94. The Labute approximate surface area is 128 Å². The highest BCUT2D eigenvalue weighted by atomic mass is 32.1. The minimum Gasteiger partial charge on any atom is -0.497 e. The van der Waals surface area contributed by atoms with Crippen LogP contribution in [0.5, 0.6) is 5.75 Å². The minimum absolute atomic E-state index is 0.794. The number of methoxy groups -OCH3 is 1. The normalized spacial score (nSPS) is 15.1. The lowest BCUT2D eigenvalue weighted by Crippen LogP contribution is -2.46. The second-order valence-electron chi connectivity index (χ2n) is 5.00. The van der Waals surface area contributed by atoms with Gasteiger partial charge in [0.05, 0.1) is 12.0 Å². The summed E-state index contributed by atoms with van der Waals surface area (Å²) >= 11 is 1.51. The van der Waals surface area contributed by atoms with Gasteiger partial charge in [0.25, 0.3) is 0 Å². The molecule has 1 aromatic carbocycles. The SMILES string of the molecule is COc1ccc(N2CCN(c3csc(C=O)c3)CC2)cc1. The van der Waals surface area contributed by atoms with Crippen LogP contribution in [0.4, 0.5) is 11.4 Å². The van der Waals surface area contributed by atoms with Crippen LogP contribution in [-0.2, 0) is 0 Å². The molecule has 110 valence electrons. The summed E-state index contributed by atoms with van der Waals surface area (Å²) < 4.78 is 5.19. The highest BCUT2D eigenvalue weighted by molar-refractivity contribution is 7.12. The van der Waals surface area contributed by atoms with Crippen molar-refractivity contribution in [3.05, 3.63) is 40.6 Å². The molecule has 1 fully saturated rings. The molecular weight excluding hydrogens is 284 g/mol. The number of carbonyl (C=O) groups excluding carboxylic acids is 1. The third-order valence-electron chi connectivity index (χ3n) is 3.80. The number of anilines is 2. The molecule has 0 amide bonds. The maximum absolute atomic E-state index is 10.8. The van der Waals surface area contributed by atoms with Gasteiger partial charge in [-0.15, -0.1) is 11.3 Å². The summed E-state index contributed by atoms with van der Waals surface area (Å²) in [4.78, 5) is 16.3. The lowest BCUT2D eigenvalue weighted by molar-refractivity contribution is 0.112. The monoisotopic (exact) mass is 302 g/mol. The van der Waals surface area contributed by atoms with Gasteiger partial charge in [0.2, 0.25) is 0 Å². The van der Waals surface area contributed by atoms with Crippen LogP contribution < -0.4 is 14.5 Å². The first kappa shape index (κ1) is 13.9. The van der Waals surface area contributed by atoms with Gasteiger partial charge in [-0.25, -0.2) is 0 Å². The first-order valence-corrected chi connectivity index (χ1v) is 7.86. The molecule has 1 aliphatic rings. The summed E-state index contributed by atoms with van der Waals surface area (Å²) in [6.07, 6.45) is 0.918. The van der Waals surface area contributed by atoms with Crippen molar-refractivity contribution in [2.75, 3.05) is 43.1 Å². The number of piperazine rings is 1. The Morgan fingerprint density at radius 3 is 2.19 bits per heavy atom. The Kier molecular flexibility index (Phi) is 4.10. The topological polar surface area (TPSA) is 32.8 Å². The molecule has 0 aliphatic carbocycles. The van der Waals surface area contributed by atoms with Crippen molar-refractivity contribution >= 4 is 29.0 Å². The van der Waals surface area contributed by atoms with Gasteiger partial charge >= 0.3 is 0 Å². The molecule has 0 spiro atoms. The fraction of sp³-hybridized carbons (Fsp3) is 0.312. The summed E-state index contributed by atoms with van der Waals surface area (Å²) in [5.41, 5.74) is 2.39. The molecule has 5 heteroatoms. The van der Waals surface area contributed by atoms with E-state index in [1.54, 1.807) is 7.11 Å².